The second kappa shape index (κ2) is 9.88. The van der Waals surface area contributed by atoms with E-state index in [1.165, 1.54) is 17.2 Å². The number of benzene rings is 2. The van der Waals surface area contributed by atoms with Crippen molar-refractivity contribution >= 4 is 56.7 Å². The highest BCUT2D eigenvalue weighted by Crippen LogP contribution is 2.31. The molecule has 2 fully saturated rings. The van der Waals surface area contributed by atoms with Crippen LogP contribution < -0.4 is 5.32 Å². The van der Waals surface area contributed by atoms with Gasteiger partial charge in [-0.3, -0.25) is 9.69 Å². The third kappa shape index (κ3) is 4.51. The number of rotatable bonds is 5. The van der Waals surface area contributed by atoms with Crippen LogP contribution in [0.2, 0.25) is 10.0 Å². The zero-order chi connectivity index (χ0) is 24.6. The Balaban J connectivity index is 1.03. The first-order chi connectivity index (χ1) is 17.6. The van der Waals surface area contributed by atoms with Gasteiger partial charge in [0.05, 0.1) is 22.1 Å². The first-order valence-corrected chi connectivity index (χ1v) is 13.2. The molecule has 2 aromatic carbocycles. The number of fused-ring (bicyclic) bond motifs is 2. The van der Waals surface area contributed by atoms with Gasteiger partial charge in [0.1, 0.15) is 12.1 Å². The number of carbonyl (C=O) groups excluding carboxylic acids is 1. The van der Waals surface area contributed by atoms with Gasteiger partial charge in [-0.05, 0) is 48.9 Å². The van der Waals surface area contributed by atoms with Crippen LogP contribution in [-0.2, 0) is 4.79 Å². The molecule has 0 saturated carbocycles. The van der Waals surface area contributed by atoms with Crippen molar-refractivity contribution in [1.82, 2.24) is 24.3 Å². The number of para-hydroxylation sites is 1. The molecule has 1 unspecified atom stereocenters. The van der Waals surface area contributed by atoms with Crippen molar-refractivity contribution in [2.45, 2.75) is 31.3 Å². The number of anilines is 1. The molecule has 0 bridgehead atoms. The number of likely N-dealkylation sites (tertiary alicyclic amines) is 2. The Hall–Kier alpha value is -2.87. The highest BCUT2D eigenvalue weighted by atomic mass is 35.5. The van der Waals surface area contributed by atoms with Gasteiger partial charge in [0.2, 0.25) is 5.91 Å². The van der Waals surface area contributed by atoms with Gasteiger partial charge < -0.3 is 14.8 Å². The summed E-state index contributed by atoms with van der Waals surface area (Å²) in [4.78, 5) is 26.1. The molecule has 9 heteroatoms. The van der Waals surface area contributed by atoms with E-state index in [1.807, 2.05) is 4.90 Å². The summed E-state index contributed by atoms with van der Waals surface area (Å²) in [6.07, 6.45) is 6.99. The number of nitrogens with zero attached hydrogens (tertiary/aromatic N) is 5. The Bertz CT molecular complexity index is 1410. The molecule has 6 rings (SSSR count). The average Bonchev–Trinajstić information content (AvgIpc) is 3.56. The topological polar surface area (TPSA) is 66.3 Å². The molecular formula is C27H28Cl2N6O. The molecule has 0 aliphatic carbocycles. The van der Waals surface area contributed by atoms with Crippen molar-refractivity contribution in [3.63, 3.8) is 0 Å². The fourth-order valence-electron chi connectivity index (χ4n) is 5.68. The van der Waals surface area contributed by atoms with Gasteiger partial charge in [-0.15, -0.1) is 0 Å². The van der Waals surface area contributed by atoms with E-state index >= 15 is 0 Å². The summed E-state index contributed by atoms with van der Waals surface area (Å²) >= 11 is 12.3. The predicted molar refractivity (Wildman–Crippen MR) is 145 cm³/mol. The van der Waals surface area contributed by atoms with Gasteiger partial charge >= 0.3 is 0 Å². The summed E-state index contributed by atoms with van der Waals surface area (Å²) in [6.45, 7) is 3.89. The molecule has 2 aliphatic heterocycles. The minimum absolute atomic E-state index is 0.0815. The molecule has 2 saturated heterocycles. The smallest absolute Gasteiger partial charge is 0.241 e. The summed E-state index contributed by atoms with van der Waals surface area (Å²) in [5, 5.41) is 6.11. The molecule has 0 radical (unpaired) electrons. The fraction of sp³-hybridized carbons (Fsp3) is 0.370. The zero-order valence-electron chi connectivity index (χ0n) is 19.9. The summed E-state index contributed by atoms with van der Waals surface area (Å²) in [7, 11) is 0. The maximum absolute atomic E-state index is 13.0. The Labute approximate surface area is 220 Å². The maximum atomic E-state index is 13.0. The van der Waals surface area contributed by atoms with Crippen molar-refractivity contribution in [1.29, 1.82) is 0 Å². The molecule has 2 aliphatic rings. The normalized spacial score (nSPS) is 19.4. The van der Waals surface area contributed by atoms with E-state index in [9.17, 15) is 4.79 Å². The SMILES string of the molecule is O=C(CNc1ncnc2cc(Cl)c(Cl)cc12)N1CCC(N2CCC(n3ccc4ccccc43)CC2)C1. The Kier molecular flexibility index (Phi) is 6.46. The third-order valence-corrected chi connectivity index (χ3v) is 8.36. The average molecular weight is 523 g/mol. The largest absolute Gasteiger partial charge is 0.360 e. The molecule has 1 N–H and O–H groups in total. The summed E-state index contributed by atoms with van der Waals surface area (Å²) in [5.41, 5.74) is 2.01. The number of halogens is 2. The minimum Gasteiger partial charge on any atom is -0.360 e. The van der Waals surface area contributed by atoms with Crippen molar-refractivity contribution in [2.24, 2.45) is 0 Å². The van der Waals surface area contributed by atoms with E-state index in [0.717, 1.165) is 50.8 Å². The van der Waals surface area contributed by atoms with E-state index < -0.39 is 0 Å². The predicted octanol–water partition coefficient (Wildman–Crippen LogP) is 5.24. The highest BCUT2D eigenvalue weighted by Gasteiger charge is 2.33. The van der Waals surface area contributed by atoms with E-state index in [0.29, 0.717) is 33.5 Å². The van der Waals surface area contributed by atoms with Crippen LogP contribution in [0.4, 0.5) is 5.82 Å². The first kappa shape index (κ1) is 23.5. The Morgan fingerprint density at radius 3 is 2.61 bits per heavy atom. The lowest BCUT2D eigenvalue weighted by Gasteiger charge is -2.36. The summed E-state index contributed by atoms with van der Waals surface area (Å²) in [5.74, 6) is 0.667. The monoisotopic (exact) mass is 522 g/mol. The van der Waals surface area contributed by atoms with Crippen molar-refractivity contribution < 1.29 is 4.79 Å². The van der Waals surface area contributed by atoms with Crippen LogP contribution in [0, 0.1) is 0 Å². The van der Waals surface area contributed by atoms with Crippen LogP contribution in [0.25, 0.3) is 21.8 Å². The van der Waals surface area contributed by atoms with Crippen molar-refractivity contribution in [2.75, 3.05) is 38.0 Å². The van der Waals surface area contributed by atoms with Gasteiger partial charge in [0, 0.05) is 55.4 Å². The lowest BCUT2D eigenvalue weighted by molar-refractivity contribution is -0.128. The molecule has 7 nitrogen and oxygen atoms in total. The number of piperidine rings is 1. The van der Waals surface area contributed by atoms with Gasteiger partial charge in [-0.2, -0.15) is 0 Å². The molecule has 1 atom stereocenters. The van der Waals surface area contributed by atoms with Crippen LogP contribution in [0.5, 0.6) is 0 Å². The van der Waals surface area contributed by atoms with Crippen molar-refractivity contribution in [3.8, 4) is 0 Å². The molecule has 0 spiro atoms. The zero-order valence-corrected chi connectivity index (χ0v) is 21.4. The van der Waals surface area contributed by atoms with E-state index in [2.05, 4.69) is 61.3 Å². The number of amides is 1. The van der Waals surface area contributed by atoms with Crippen LogP contribution in [0.3, 0.4) is 0 Å². The quantitative estimate of drug-likeness (QED) is 0.388. The van der Waals surface area contributed by atoms with Gasteiger partial charge in [-0.1, -0.05) is 41.4 Å². The standard InChI is InChI=1S/C27H28Cl2N6O/c28-22-13-21-24(14-23(22)29)31-17-32-27(21)30-15-26(36)34-11-8-20(16-34)33-9-6-19(7-10-33)35-12-5-18-3-1-2-4-25(18)35/h1-5,12-14,17,19-20H,6-11,15-16H2,(H,30,31,32). The van der Waals surface area contributed by atoms with Gasteiger partial charge in [0.25, 0.3) is 0 Å². The number of carbonyl (C=O) groups is 1. The third-order valence-electron chi connectivity index (χ3n) is 7.64. The van der Waals surface area contributed by atoms with Gasteiger partial charge in [-0.25, -0.2) is 9.97 Å². The maximum Gasteiger partial charge on any atom is 0.241 e. The minimum atomic E-state index is 0.0815. The first-order valence-electron chi connectivity index (χ1n) is 12.5. The van der Waals surface area contributed by atoms with Gasteiger partial charge in [0.15, 0.2) is 0 Å². The molecule has 4 heterocycles. The Morgan fingerprint density at radius 2 is 1.75 bits per heavy atom. The fourth-order valence-corrected chi connectivity index (χ4v) is 6.00. The van der Waals surface area contributed by atoms with Crippen LogP contribution in [-0.4, -0.2) is 69.0 Å². The molecule has 186 valence electrons. The molecule has 4 aromatic rings. The lowest BCUT2D eigenvalue weighted by atomic mass is 10.0. The van der Waals surface area contributed by atoms with E-state index in [1.54, 1.807) is 12.1 Å². The highest BCUT2D eigenvalue weighted by molar-refractivity contribution is 6.42. The van der Waals surface area contributed by atoms with Crippen LogP contribution >= 0.6 is 23.2 Å². The second-order valence-corrected chi connectivity index (χ2v) is 10.5. The number of hydrogen-bond donors (Lipinski definition) is 1. The summed E-state index contributed by atoms with van der Waals surface area (Å²) < 4.78 is 2.45. The van der Waals surface area contributed by atoms with E-state index in [4.69, 9.17) is 23.2 Å². The lowest BCUT2D eigenvalue weighted by Crippen LogP contribution is -2.44. The Morgan fingerprint density at radius 1 is 0.972 bits per heavy atom. The van der Waals surface area contributed by atoms with Crippen LogP contribution in [0.1, 0.15) is 25.3 Å². The summed E-state index contributed by atoms with van der Waals surface area (Å²) in [6, 6.07) is 15.2. The molecule has 2 aromatic heterocycles. The van der Waals surface area contributed by atoms with Crippen LogP contribution in [0.15, 0.2) is 55.0 Å². The molecule has 36 heavy (non-hydrogen) atoms. The number of aromatic nitrogens is 3. The van der Waals surface area contributed by atoms with E-state index in [-0.39, 0.29) is 12.5 Å². The second-order valence-electron chi connectivity index (χ2n) is 9.69. The number of nitrogens with one attached hydrogen (secondary N) is 1. The molecule has 1 amide bonds. The molecular weight excluding hydrogens is 495 g/mol. The number of hydrogen-bond acceptors (Lipinski definition) is 5. The van der Waals surface area contributed by atoms with Crippen molar-refractivity contribution in [3.05, 3.63) is 65.0 Å².